The van der Waals surface area contributed by atoms with Gasteiger partial charge in [-0.15, -0.1) is 0 Å². The van der Waals surface area contributed by atoms with Crippen LogP contribution in [0.25, 0.3) is 10.9 Å². The standard InChI is InChI=1S/C20H20N2O4/c1-25-17-10-12(6-7-16(17)26-11-18(23)24)19-20-14(8-9-21-19)13-4-2-3-5-15(13)22-20/h2-7,10,19,21-22H,8-9,11H2,1H3,(H,23,24)/t19-/m1/s1. The molecule has 1 aliphatic heterocycles. The van der Waals surface area contributed by atoms with Crippen molar-refractivity contribution in [1.29, 1.82) is 0 Å². The van der Waals surface area contributed by atoms with Gasteiger partial charge in [0.25, 0.3) is 0 Å². The molecule has 0 amide bonds. The molecule has 2 aromatic carbocycles. The number of nitrogens with one attached hydrogen (secondary N) is 2. The zero-order valence-corrected chi connectivity index (χ0v) is 14.4. The molecule has 26 heavy (non-hydrogen) atoms. The van der Waals surface area contributed by atoms with Gasteiger partial charge < -0.3 is 24.9 Å². The van der Waals surface area contributed by atoms with E-state index >= 15 is 0 Å². The molecule has 0 saturated carbocycles. The molecule has 0 fully saturated rings. The Morgan fingerprint density at radius 3 is 2.88 bits per heavy atom. The second-order valence-electron chi connectivity index (χ2n) is 6.29. The molecule has 2 heterocycles. The number of methoxy groups -OCH3 is 1. The first-order valence-corrected chi connectivity index (χ1v) is 8.52. The largest absolute Gasteiger partial charge is 0.493 e. The van der Waals surface area contributed by atoms with Crippen molar-refractivity contribution in [2.24, 2.45) is 0 Å². The van der Waals surface area contributed by atoms with Crippen LogP contribution in [0.3, 0.4) is 0 Å². The molecule has 1 aliphatic rings. The van der Waals surface area contributed by atoms with Crippen molar-refractivity contribution in [2.75, 3.05) is 20.3 Å². The van der Waals surface area contributed by atoms with Gasteiger partial charge >= 0.3 is 5.97 Å². The van der Waals surface area contributed by atoms with Gasteiger partial charge in [-0.25, -0.2) is 4.79 Å². The lowest BCUT2D eigenvalue weighted by atomic mass is 9.94. The number of hydrogen-bond acceptors (Lipinski definition) is 4. The fraction of sp³-hybridized carbons (Fsp3) is 0.250. The molecule has 3 aromatic rings. The van der Waals surface area contributed by atoms with Gasteiger partial charge in [0, 0.05) is 23.1 Å². The Hall–Kier alpha value is -2.99. The minimum Gasteiger partial charge on any atom is -0.493 e. The zero-order chi connectivity index (χ0) is 18.1. The maximum absolute atomic E-state index is 10.7. The number of para-hydroxylation sites is 1. The highest BCUT2D eigenvalue weighted by Gasteiger charge is 2.26. The van der Waals surface area contributed by atoms with Crippen LogP contribution in [0.1, 0.15) is 22.9 Å². The molecule has 0 radical (unpaired) electrons. The number of rotatable bonds is 5. The number of ether oxygens (including phenoxy) is 2. The normalized spacial score (nSPS) is 16.3. The summed E-state index contributed by atoms with van der Waals surface area (Å²) in [7, 11) is 1.55. The number of hydrogen-bond donors (Lipinski definition) is 3. The van der Waals surface area contributed by atoms with E-state index in [1.165, 1.54) is 16.6 Å². The van der Waals surface area contributed by atoms with Crippen LogP contribution in [-0.4, -0.2) is 36.3 Å². The molecule has 0 saturated heterocycles. The van der Waals surface area contributed by atoms with Crippen LogP contribution in [-0.2, 0) is 11.2 Å². The third kappa shape index (κ3) is 2.88. The van der Waals surface area contributed by atoms with Gasteiger partial charge in [0.05, 0.1) is 13.2 Å². The maximum Gasteiger partial charge on any atom is 0.341 e. The summed E-state index contributed by atoms with van der Waals surface area (Å²) in [5, 5.41) is 13.6. The second kappa shape index (κ2) is 6.72. The van der Waals surface area contributed by atoms with Crippen molar-refractivity contribution in [3.63, 3.8) is 0 Å². The van der Waals surface area contributed by atoms with E-state index in [2.05, 4.69) is 28.5 Å². The summed E-state index contributed by atoms with van der Waals surface area (Å²) in [5.74, 6) is -0.0760. The van der Waals surface area contributed by atoms with Gasteiger partial charge in [0.2, 0.25) is 0 Å². The van der Waals surface area contributed by atoms with Crippen LogP contribution >= 0.6 is 0 Å². The highest BCUT2D eigenvalue weighted by Crippen LogP contribution is 2.36. The van der Waals surface area contributed by atoms with Gasteiger partial charge in [-0.1, -0.05) is 24.3 Å². The van der Waals surface area contributed by atoms with Crippen LogP contribution in [0.4, 0.5) is 0 Å². The number of carboxylic acid groups (broad SMARTS) is 1. The topological polar surface area (TPSA) is 83.6 Å². The van der Waals surface area contributed by atoms with Crippen molar-refractivity contribution in [1.82, 2.24) is 10.3 Å². The number of benzene rings is 2. The minimum absolute atomic E-state index is 0.0218. The van der Waals surface area contributed by atoms with E-state index in [0.717, 1.165) is 24.0 Å². The summed E-state index contributed by atoms with van der Waals surface area (Å²) >= 11 is 0. The fourth-order valence-electron chi connectivity index (χ4n) is 3.59. The Labute approximate surface area is 150 Å². The van der Waals surface area contributed by atoms with Crippen molar-refractivity contribution in [3.8, 4) is 11.5 Å². The lowest BCUT2D eigenvalue weighted by molar-refractivity contribution is -0.139. The molecule has 0 aliphatic carbocycles. The number of carbonyl (C=O) groups is 1. The Morgan fingerprint density at radius 1 is 1.23 bits per heavy atom. The Kier molecular flexibility index (Phi) is 4.26. The first kappa shape index (κ1) is 16.5. The summed E-state index contributed by atoms with van der Waals surface area (Å²) < 4.78 is 10.7. The Balaban J connectivity index is 1.71. The number of H-pyrrole nitrogens is 1. The summed E-state index contributed by atoms with van der Waals surface area (Å²) in [4.78, 5) is 14.3. The molecular weight excluding hydrogens is 332 g/mol. The Bertz CT molecular complexity index is 964. The number of aliphatic carboxylic acids is 1. The van der Waals surface area contributed by atoms with Gasteiger partial charge in [0.15, 0.2) is 18.1 Å². The smallest absolute Gasteiger partial charge is 0.341 e. The summed E-state index contributed by atoms with van der Waals surface area (Å²) in [6.45, 7) is 0.489. The monoisotopic (exact) mass is 352 g/mol. The van der Waals surface area contributed by atoms with Crippen molar-refractivity contribution >= 4 is 16.9 Å². The molecule has 6 heteroatoms. The maximum atomic E-state index is 10.7. The molecule has 0 unspecified atom stereocenters. The molecule has 134 valence electrons. The summed E-state index contributed by atoms with van der Waals surface area (Å²) in [6, 6.07) is 14.0. The van der Waals surface area contributed by atoms with E-state index in [-0.39, 0.29) is 6.04 Å². The summed E-state index contributed by atoms with van der Waals surface area (Å²) in [6.07, 6.45) is 0.979. The number of carboxylic acids is 1. The van der Waals surface area contributed by atoms with Crippen LogP contribution < -0.4 is 14.8 Å². The van der Waals surface area contributed by atoms with E-state index in [1.54, 1.807) is 13.2 Å². The van der Waals surface area contributed by atoms with Crippen molar-refractivity contribution < 1.29 is 19.4 Å². The minimum atomic E-state index is -1.02. The first-order valence-electron chi connectivity index (χ1n) is 8.52. The van der Waals surface area contributed by atoms with Gasteiger partial charge in [-0.2, -0.15) is 0 Å². The average Bonchev–Trinajstić information content (AvgIpc) is 3.05. The highest BCUT2D eigenvalue weighted by atomic mass is 16.5. The van der Waals surface area contributed by atoms with E-state index < -0.39 is 12.6 Å². The van der Waals surface area contributed by atoms with E-state index in [1.807, 2.05) is 18.2 Å². The summed E-state index contributed by atoms with van der Waals surface area (Å²) in [5.41, 5.74) is 4.69. The van der Waals surface area contributed by atoms with Gasteiger partial charge in [-0.05, 0) is 35.7 Å². The van der Waals surface area contributed by atoms with E-state index in [0.29, 0.717) is 11.5 Å². The molecule has 0 bridgehead atoms. The van der Waals surface area contributed by atoms with E-state index in [9.17, 15) is 4.79 Å². The lowest BCUT2D eigenvalue weighted by Gasteiger charge is -2.25. The van der Waals surface area contributed by atoms with Crippen molar-refractivity contribution in [2.45, 2.75) is 12.5 Å². The van der Waals surface area contributed by atoms with Crippen molar-refractivity contribution in [3.05, 3.63) is 59.3 Å². The van der Waals surface area contributed by atoms with Crippen LogP contribution in [0.2, 0.25) is 0 Å². The molecule has 1 aromatic heterocycles. The lowest BCUT2D eigenvalue weighted by Crippen LogP contribution is -2.30. The third-order valence-corrected chi connectivity index (χ3v) is 4.73. The fourth-order valence-corrected chi connectivity index (χ4v) is 3.59. The molecular formula is C20H20N2O4. The second-order valence-corrected chi connectivity index (χ2v) is 6.29. The average molecular weight is 352 g/mol. The van der Waals surface area contributed by atoms with Crippen LogP contribution in [0.5, 0.6) is 11.5 Å². The quantitative estimate of drug-likeness (QED) is 0.658. The van der Waals surface area contributed by atoms with E-state index in [4.69, 9.17) is 14.6 Å². The number of fused-ring (bicyclic) bond motifs is 3. The molecule has 3 N–H and O–H groups in total. The van der Waals surface area contributed by atoms with Crippen LogP contribution in [0.15, 0.2) is 42.5 Å². The predicted molar refractivity (Wildman–Crippen MR) is 98.0 cm³/mol. The third-order valence-electron chi connectivity index (χ3n) is 4.73. The number of aromatic amines is 1. The number of aromatic nitrogens is 1. The molecule has 1 atom stereocenters. The van der Waals surface area contributed by atoms with Gasteiger partial charge in [-0.3, -0.25) is 0 Å². The molecule has 4 rings (SSSR count). The Morgan fingerprint density at radius 2 is 2.08 bits per heavy atom. The van der Waals surface area contributed by atoms with Crippen LogP contribution in [0, 0.1) is 0 Å². The molecule has 6 nitrogen and oxygen atoms in total. The van der Waals surface area contributed by atoms with Gasteiger partial charge in [0.1, 0.15) is 0 Å². The first-order chi connectivity index (χ1) is 12.7. The highest BCUT2D eigenvalue weighted by molar-refractivity contribution is 5.85. The predicted octanol–water partition coefficient (Wildman–Crippen LogP) is 2.88. The SMILES string of the molecule is COc1cc([C@H]2NCCc3c2[nH]c2ccccc32)ccc1OCC(=O)O. The molecule has 0 spiro atoms. The zero-order valence-electron chi connectivity index (χ0n) is 14.4.